The second-order valence-corrected chi connectivity index (χ2v) is 6.31. The van der Waals surface area contributed by atoms with E-state index in [1.165, 1.54) is 5.56 Å². The number of piperazine rings is 1. The molecule has 1 fully saturated rings. The van der Waals surface area contributed by atoms with Crippen LogP contribution in [0.5, 0.6) is 0 Å². The van der Waals surface area contributed by atoms with Gasteiger partial charge in [-0.05, 0) is 24.5 Å². The molecule has 0 radical (unpaired) electrons. The Morgan fingerprint density at radius 3 is 3.00 bits per heavy atom. The van der Waals surface area contributed by atoms with E-state index in [0.717, 1.165) is 25.1 Å². The lowest BCUT2D eigenvalue weighted by molar-refractivity contribution is -0.138. The zero-order chi connectivity index (χ0) is 16.9. The highest BCUT2D eigenvalue weighted by atomic mass is 16.5. The molecule has 2 amide bonds. The molecule has 2 aliphatic rings. The number of hydrogen-bond donors (Lipinski definition) is 1. The molecule has 24 heavy (non-hydrogen) atoms. The predicted octanol–water partition coefficient (Wildman–Crippen LogP) is 0.803. The smallest absolute Gasteiger partial charge is 0.240 e. The van der Waals surface area contributed by atoms with E-state index in [1.807, 2.05) is 23.1 Å². The number of benzene rings is 1. The number of hydrogen-bond acceptors (Lipinski definition) is 4. The van der Waals surface area contributed by atoms with Gasteiger partial charge in [0.2, 0.25) is 11.8 Å². The van der Waals surface area contributed by atoms with Crippen molar-refractivity contribution in [2.45, 2.75) is 25.3 Å². The van der Waals surface area contributed by atoms with Crippen LogP contribution >= 0.6 is 0 Å². The van der Waals surface area contributed by atoms with Gasteiger partial charge in [-0.1, -0.05) is 18.2 Å². The average Bonchev–Trinajstić information content (AvgIpc) is 2.62. The van der Waals surface area contributed by atoms with Crippen LogP contribution in [0.15, 0.2) is 24.3 Å². The van der Waals surface area contributed by atoms with Crippen LogP contribution in [0.2, 0.25) is 0 Å². The highest BCUT2D eigenvalue weighted by Crippen LogP contribution is 2.27. The van der Waals surface area contributed by atoms with Gasteiger partial charge in [0.15, 0.2) is 0 Å². The highest BCUT2D eigenvalue weighted by Gasteiger charge is 2.32. The monoisotopic (exact) mass is 331 g/mol. The fraction of sp³-hybridized carbons (Fsp3) is 0.556. The molecule has 3 rings (SSSR count). The van der Waals surface area contributed by atoms with Crippen LogP contribution < -0.4 is 10.2 Å². The van der Waals surface area contributed by atoms with Gasteiger partial charge >= 0.3 is 0 Å². The minimum Gasteiger partial charge on any atom is -0.383 e. The fourth-order valence-corrected chi connectivity index (χ4v) is 3.45. The number of para-hydroxylation sites is 1. The van der Waals surface area contributed by atoms with E-state index in [2.05, 4.69) is 11.4 Å². The summed E-state index contributed by atoms with van der Waals surface area (Å²) in [7, 11) is 1.63. The zero-order valence-electron chi connectivity index (χ0n) is 14.2. The number of anilines is 1. The first kappa shape index (κ1) is 16.9. The Morgan fingerprint density at radius 2 is 2.17 bits per heavy atom. The molecule has 1 N–H and O–H groups in total. The summed E-state index contributed by atoms with van der Waals surface area (Å²) in [4.78, 5) is 28.9. The number of rotatable bonds is 5. The zero-order valence-corrected chi connectivity index (χ0v) is 14.2. The highest BCUT2D eigenvalue weighted by molar-refractivity contribution is 5.98. The van der Waals surface area contributed by atoms with Crippen molar-refractivity contribution >= 4 is 17.5 Å². The first-order valence-corrected chi connectivity index (χ1v) is 8.60. The molecule has 0 saturated carbocycles. The third kappa shape index (κ3) is 3.60. The van der Waals surface area contributed by atoms with Gasteiger partial charge < -0.3 is 19.9 Å². The minimum atomic E-state index is -0.433. The van der Waals surface area contributed by atoms with Crippen LogP contribution in [0.25, 0.3) is 0 Å². The second-order valence-electron chi connectivity index (χ2n) is 6.31. The molecule has 6 nitrogen and oxygen atoms in total. The maximum Gasteiger partial charge on any atom is 0.240 e. The van der Waals surface area contributed by atoms with Gasteiger partial charge in [0, 0.05) is 39.0 Å². The molecule has 1 aromatic rings. The molecule has 130 valence electrons. The van der Waals surface area contributed by atoms with Gasteiger partial charge in [-0.15, -0.1) is 0 Å². The fourth-order valence-electron chi connectivity index (χ4n) is 3.45. The summed E-state index contributed by atoms with van der Waals surface area (Å²) in [6, 6.07) is 7.60. The lowest BCUT2D eigenvalue weighted by atomic mass is 10.0. The number of fused-ring (bicyclic) bond motifs is 1. The third-order valence-corrected chi connectivity index (χ3v) is 4.74. The summed E-state index contributed by atoms with van der Waals surface area (Å²) in [5.74, 6) is 0.0125. The number of nitrogens with zero attached hydrogens (tertiary/aromatic N) is 2. The Balaban J connectivity index is 1.66. The molecular weight excluding hydrogens is 306 g/mol. The van der Waals surface area contributed by atoms with E-state index < -0.39 is 6.04 Å². The van der Waals surface area contributed by atoms with E-state index in [0.29, 0.717) is 26.2 Å². The Labute approximate surface area is 142 Å². The summed E-state index contributed by atoms with van der Waals surface area (Å²) in [5, 5.41) is 3.19. The van der Waals surface area contributed by atoms with Crippen LogP contribution in [0.3, 0.4) is 0 Å². The maximum absolute atomic E-state index is 12.8. The quantitative estimate of drug-likeness (QED) is 0.867. The number of ether oxygens (including phenoxy) is 1. The first-order chi connectivity index (χ1) is 11.7. The summed E-state index contributed by atoms with van der Waals surface area (Å²) >= 11 is 0. The van der Waals surface area contributed by atoms with Crippen molar-refractivity contribution in [2.75, 3.05) is 44.8 Å². The number of nitrogens with one attached hydrogen (secondary N) is 1. The van der Waals surface area contributed by atoms with Crippen molar-refractivity contribution in [3.63, 3.8) is 0 Å². The van der Waals surface area contributed by atoms with Crippen molar-refractivity contribution in [1.82, 2.24) is 10.2 Å². The molecular formula is C18H25N3O3. The van der Waals surface area contributed by atoms with Crippen LogP contribution in [-0.4, -0.2) is 62.7 Å². The Kier molecular flexibility index (Phi) is 5.48. The second kappa shape index (κ2) is 7.77. The molecule has 0 aromatic heterocycles. The van der Waals surface area contributed by atoms with Crippen LogP contribution in [-0.2, 0) is 20.7 Å². The van der Waals surface area contributed by atoms with Crippen molar-refractivity contribution < 1.29 is 14.3 Å². The van der Waals surface area contributed by atoms with E-state index >= 15 is 0 Å². The molecule has 2 aliphatic heterocycles. The summed E-state index contributed by atoms with van der Waals surface area (Å²) in [5.41, 5.74) is 2.20. The average molecular weight is 331 g/mol. The Bertz CT molecular complexity index is 605. The van der Waals surface area contributed by atoms with Gasteiger partial charge in [-0.3, -0.25) is 9.59 Å². The summed E-state index contributed by atoms with van der Waals surface area (Å²) < 4.78 is 5.05. The van der Waals surface area contributed by atoms with Crippen molar-refractivity contribution in [3.05, 3.63) is 29.8 Å². The SMILES string of the molecule is COCCN1CCNC(CC(=O)N2CCCc3ccccc32)C1=O. The third-order valence-electron chi connectivity index (χ3n) is 4.74. The summed E-state index contributed by atoms with van der Waals surface area (Å²) in [6.07, 6.45) is 2.18. The van der Waals surface area contributed by atoms with Crippen molar-refractivity contribution in [1.29, 1.82) is 0 Å². The topological polar surface area (TPSA) is 61.9 Å². The van der Waals surface area contributed by atoms with Crippen LogP contribution in [0.1, 0.15) is 18.4 Å². The molecule has 2 heterocycles. The van der Waals surface area contributed by atoms with Gasteiger partial charge in [0.1, 0.15) is 0 Å². The van der Waals surface area contributed by atoms with Crippen molar-refractivity contribution in [3.8, 4) is 0 Å². The molecule has 1 atom stereocenters. The van der Waals surface area contributed by atoms with Gasteiger partial charge in [-0.25, -0.2) is 0 Å². The Hall–Kier alpha value is -1.92. The van der Waals surface area contributed by atoms with Gasteiger partial charge in [-0.2, -0.15) is 0 Å². The normalized spacial score (nSPS) is 20.9. The summed E-state index contributed by atoms with van der Waals surface area (Å²) in [6.45, 7) is 3.20. The molecule has 6 heteroatoms. The number of carbonyl (C=O) groups is 2. The van der Waals surface area contributed by atoms with E-state index in [4.69, 9.17) is 4.74 Å². The van der Waals surface area contributed by atoms with Crippen LogP contribution in [0, 0.1) is 0 Å². The predicted molar refractivity (Wildman–Crippen MR) is 92.0 cm³/mol. The van der Waals surface area contributed by atoms with E-state index in [9.17, 15) is 9.59 Å². The molecule has 1 saturated heterocycles. The molecule has 1 aromatic carbocycles. The van der Waals surface area contributed by atoms with Crippen molar-refractivity contribution in [2.24, 2.45) is 0 Å². The van der Waals surface area contributed by atoms with Gasteiger partial charge in [0.05, 0.1) is 19.1 Å². The molecule has 1 unspecified atom stereocenters. The Morgan fingerprint density at radius 1 is 1.33 bits per heavy atom. The largest absolute Gasteiger partial charge is 0.383 e. The van der Waals surface area contributed by atoms with E-state index in [-0.39, 0.29) is 18.2 Å². The molecule has 0 spiro atoms. The standard InChI is InChI=1S/C18H25N3O3/c1-24-12-11-20-10-8-19-15(18(20)23)13-17(22)21-9-4-6-14-5-2-3-7-16(14)21/h2-3,5,7,15,19H,4,6,8-13H2,1H3. The number of carbonyl (C=O) groups excluding carboxylic acids is 2. The minimum absolute atomic E-state index is 0.00283. The number of aryl methyl sites for hydroxylation is 1. The molecule has 0 bridgehead atoms. The van der Waals surface area contributed by atoms with E-state index in [1.54, 1.807) is 12.0 Å². The maximum atomic E-state index is 12.8. The van der Waals surface area contributed by atoms with Gasteiger partial charge in [0.25, 0.3) is 0 Å². The number of amides is 2. The van der Waals surface area contributed by atoms with Crippen LogP contribution in [0.4, 0.5) is 5.69 Å². The number of methoxy groups -OCH3 is 1. The first-order valence-electron chi connectivity index (χ1n) is 8.60. The molecule has 0 aliphatic carbocycles. The lowest BCUT2D eigenvalue weighted by Crippen LogP contribution is -2.57. The lowest BCUT2D eigenvalue weighted by Gasteiger charge is -2.35.